The van der Waals surface area contributed by atoms with Crippen LogP contribution in [0.2, 0.25) is 0 Å². The van der Waals surface area contributed by atoms with Crippen molar-refractivity contribution in [2.24, 2.45) is 5.73 Å². The quantitative estimate of drug-likeness (QED) is 0.931. The molecule has 0 radical (unpaired) electrons. The highest BCUT2D eigenvalue weighted by molar-refractivity contribution is 7.14. The highest BCUT2D eigenvalue weighted by atomic mass is 32.1. The molecular weight excluding hydrogens is 268 g/mol. The molecule has 1 heterocycles. The van der Waals surface area contributed by atoms with Crippen molar-refractivity contribution in [3.63, 3.8) is 0 Å². The number of hydrogen-bond donors (Lipinski definition) is 1. The Kier molecular flexibility index (Phi) is 4.13. The predicted octanol–water partition coefficient (Wildman–Crippen LogP) is 2.97. The standard InChI is InChI=1S/C16H24N2OS/c1-2-18(13-8-6-12(17)7-9-13)16(19)15-10-11-4-3-5-14(11)20-15/h10,12-13H,2-9,17H2,1H3. The first kappa shape index (κ1) is 14.1. The Hall–Kier alpha value is -0.870. The maximum absolute atomic E-state index is 12.8. The van der Waals surface area contributed by atoms with Crippen LogP contribution in [0.15, 0.2) is 6.07 Å². The number of carbonyl (C=O) groups excluding carboxylic acids is 1. The van der Waals surface area contributed by atoms with E-state index >= 15 is 0 Å². The summed E-state index contributed by atoms with van der Waals surface area (Å²) in [6.45, 7) is 2.90. The van der Waals surface area contributed by atoms with Crippen molar-refractivity contribution in [1.82, 2.24) is 4.90 Å². The van der Waals surface area contributed by atoms with Crippen LogP contribution in [0.1, 0.15) is 59.1 Å². The van der Waals surface area contributed by atoms with Crippen molar-refractivity contribution >= 4 is 17.2 Å². The molecule has 2 N–H and O–H groups in total. The Morgan fingerprint density at radius 2 is 2.10 bits per heavy atom. The number of fused-ring (bicyclic) bond motifs is 1. The summed E-state index contributed by atoms with van der Waals surface area (Å²) in [4.78, 5) is 17.2. The van der Waals surface area contributed by atoms with E-state index in [9.17, 15) is 4.79 Å². The number of nitrogens with zero attached hydrogens (tertiary/aromatic N) is 1. The molecule has 0 unspecified atom stereocenters. The molecule has 0 bridgehead atoms. The second kappa shape index (κ2) is 5.86. The number of aryl methyl sites for hydroxylation is 2. The van der Waals surface area contributed by atoms with Gasteiger partial charge in [0.25, 0.3) is 5.91 Å². The summed E-state index contributed by atoms with van der Waals surface area (Å²) in [5.74, 6) is 0.243. The molecule has 0 spiro atoms. The van der Waals surface area contributed by atoms with Gasteiger partial charge in [-0.3, -0.25) is 4.79 Å². The van der Waals surface area contributed by atoms with Gasteiger partial charge < -0.3 is 10.6 Å². The molecule has 0 aliphatic heterocycles. The largest absolute Gasteiger partial charge is 0.335 e. The normalized spacial score (nSPS) is 25.5. The van der Waals surface area contributed by atoms with Crippen molar-refractivity contribution < 1.29 is 4.79 Å². The van der Waals surface area contributed by atoms with Crippen LogP contribution in [0.4, 0.5) is 0 Å². The van der Waals surface area contributed by atoms with Gasteiger partial charge in [0.2, 0.25) is 0 Å². The highest BCUT2D eigenvalue weighted by Crippen LogP contribution is 2.32. The molecule has 1 aromatic heterocycles. The minimum Gasteiger partial charge on any atom is -0.335 e. The van der Waals surface area contributed by atoms with Gasteiger partial charge in [-0.2, -0.15) is 0 Å². The molecule has 3 rings (SSSR count). The van der Waals surface area contributed by atoms with Crippen LogP contribution in [-0.2, 0) is 12.8 Å². The number of amides is 1. The van der Waals surface area contributed by atoms with Crippen molar-refractivity contribution in [2.45, 2.75) is 64.0 Å². The van der Waals surface area contributed by atoms with E-state index in [4.69, 9.17) is 5.73 Å². The maximum atomic E-state index is 12.8. The van der Waals surface area contributed by atoms with Gasteiger partial charge in [0, 0.05) is 23.5 Å². The van der Waals surface area contributed by atoms with E-state index in [0.717, 1.165) is 49.9 Å². The van der Waals surface area contributed by atoms with Crippen LogP contribution in [0, 0.1) is 0 Å². The van der Waals surface area contributed by atoms with E-state index in [1.807, 2.05) is 0 Å². The number of thiophene rings is 1. The lowest BCUT2D eigenvalue weighted by Gasteiger charge is -2.35. The van der Waals surface area contributed by atoms with Gasteiger partial charge in [-0.25, -0.2) is 0 Å². The SMILES string of the molecule is CCN(C(=O)c1cc2c(s1)CCC2)C1CCC(N)CC1. The van der Waals surface area contributed by atoms with E-state index in [-0.39, 0.29) is 5.91 Å². The van der Waals surface area contributed by atoms with Crippen molar-refractivity contribution in [2.75, 3.05) is 6.54 Å². The number of nitrogens with two attached hydrogens (primary N) is 1. The van der Waals surface area contributed by atoms with Crippen molar-refractivity contribution in [3.8, 4) is 0 Å². The Labute approximate surface area is 125 Å². The molecule has 110 valence electrons. The predicted molar refractivity (Wildman–Crippen MR) is 83.3 cm³/mol. The second-order valence-corrected chi connectivity index (χ2v) is 7.21. The van der Waals surface area contributed by atoms with Gasteiger partial charge in [0.1, 0.15) is 0 Å². The van der Waals surface area contributed by atoms with E-state index in [2.05, 4.69) is 17.9 Å². The molecule has 1 fully saturated rings. The minimum absolute atomic E-state index is 0.243. The Balaban J connectivity index is 1.73. The lowest BCUT2D eigenvalue weighted by molar-refractivity contribution is 0.0645. The zero-order chi connectivity index (χ0) is 14.1. The van der Waals surface area contributed by atoms with Gasteiger partial charge in [0.05, 0.1) is 4.88 Å². The lowest BCUT2D eigenvalue weighted by atomic mass is 9.90. The summed E-state index contributed by atoms with van der Waals surface area (Å²) in [5.41, 5.74) is 7.39. The molecule has 1 amide bonds. The third-order valence-corrected chi connectivity index (χ3v) is 5.97. The topological polar surface area (TPSA) is 46.3 Å². The molecular formula is C16H24N2OS. The Morgan fingerprint density at radius 3 is 2.75 bits per heavy atom. The van der Waals surface area contributed by atoms with Crippen LogP contribution in [0.3, 0.4) is 0 Å². The van der Waals surface area contributed by atoms with Crippen LogP contribution in [0.25, 0.3) is 0 Å². The fourth-order valence-electron chi connectivity index (χ4n) is 3.56. The van der Waals surface area contributed by atoms with Crippen molar-refractivity contribution in [1.29, 1.82) is 0 Å². The first-order valence-electron chi connectivity index (χ1n) is 7.87. The summed E-state index contributed by atoms with van der Waals surface area (Å²) >= 11 is 1.72. The molecule has 1 aromatic rings. The average molecular weight is 292 g/mol. The molecule has 2 aliphatic rings. The van der Waals surface area contributed by atoms with Gasteiger partial charge >= 0.3 is 0 Å². The summed E-state index contributed by atoms with van der Waals surface area (Å²) in [6.07, 6.45) is 7.80. The molecule has 2 aliphatic carbocycles. The smallest absolute Gasteiger partial charge is 0.264 e. The van der Waals surface area contributed by atoms with E-state index in [1.54, 1.807) is 11.3 Å². The Morgan fingerprint density at radius 1 is 1.35 bits per heavy atom. The van der Waals surface area contributed by atoms with E-state index < -0.39 is 0 Å². The molecule has 1 saturated carbocycles. The fraction of sp³-hybridized carbons (Fsp3) is 0.688. The Bertz CT molecular complexity index is 467. The molecule has 4 heteroatoms. The summed E-state index contributed by atoms with van der Waals surface area (Å²) in [7, 11) is 0. The van der Waals surface area contributed by atoms with Gasteiger partial charge in [0.15, 0.2) is 0 Å². The molecule has 0 saturated heterocycles. The minimum atomic E-state index is 0.243. The van der Waals surface area contributed by atoms with Gasteiger partial charge in [-0.15, -0.1) is 11.3 Å². The van der Waals surface area contributed by atoms with Gasteiger partial charge in [-0.1, -0.05) is 0 Å². The molecule has 0 aromatic carbocycles. The van der Waals surface area contributed by atoms with Gasteiger partial charge in [-0.05, 0) is 63.5 Å². The summed E-state index contributed by atoms with van der Waals surface area (Å²) < 4.78 is 0. The molecule has 3 nitrogen and oxygen atoms in total. The van der Waals surface area contributed by atoms with Crippen LogP contribution in [0.5, 0.6) is 0 Å². The zero-order valence-corrected chi connectivity index (χ0v) is 13.0. The molecule has 0 atom stereocenters. The summed E-state index contributed by atoms with van der Waals surface area (Å²) in [6, 6.07) is 2.88. The zero-order valence-electron chi connectivity index (χ0n) is 12.2. The first-order valence-corrected chi connectivity index (χ1v) is 8.68. The highest BCUT2D eigenvalue weighted by Gasteiger charge is 2.29. The van der Waals surface area contributed by atoms with E-state index in [0.29, 0.717) is 12.1 Å². The summed E-state index contributed by atoms with van der Waals surface area (Å²) in [5, 5.41) is 0. The van der Waals surface area contributed by atoms with E-state index in [1.165, 1.54) is 16.9 Å². The number of rotatable bonds is 3. The van der Waals surface area contributed by atoms with Crippen LogP contribution in [-0.4, -0.2) is 29.4 Å². The third-order valence-electron chi connectivity index (χ3n) is 4.74. The maximum Gasteiger partial charge on any atom is 0.264 e. The lowest BCUT2D eigenvalue weighted by Crippen LogP contribution is -2.43. The fourth-order valence-corrected chi connectivity index (χ4v) is 4.77. The van der Waals surface area contributed by atoms with Crippen molar-refractivity contribution in [3.05, 3.63) is 21.4 Å². The molecule has 20 heavy (non-hydrogen) atoms. The number of carbonyl (C=O) groups is 1. The number of hydrogen-bond acceptors (Lipinski definition) is 3. The van der Waals surface area contributed by atoms with Crippen LogP contribution < -0.4 is 5.73 Å². The van der Waals surface area contributed by atoms with Crippen LogP contribution >= 0.6 is 11.3 Å². The third kappa shape index (κ3) is 2.63. The second-order valence-electron chi connectivity index (χ2n) is 6.07. The average Bonchev–Trinajstić information content (AvgIpc) is 3.02. The first-order chi connectivity index (χ1) is 9.69. The monoisotopic (exact) mass is 292 g/mol.